The SMILES string of the molecule is O=C(N[C@@H]1CCCC[C@H]1O)C1=CC(OCC2CC2)(c2ccc(Cl)cc2)C=NC1. The molecule has 1 amide bonds. The highest BCUT2D eigenvalue weighted by Crippen LogP contribution is 2.36. The number of aliphatic hydroxyl groups is 1. The van der Waals surface area contributed by atoms with Crippen molar-refractivity contribution in [3.8, 4) is 0 Å². The molecule has 1 aromatic carbocycles. The third-order valence-electron chi connectivity index (χ3n) is 5.82. The lowest BCUT2D eigenvalue weighted by Gasteiger charge is -2.32. The van der Waals surface area contributed by atoms with Crippen molar-refractivity contribution in [3.63, 3.8) is 0 Å². The number of hydrogen-bond acceptors (Lipinski definition) is 4. The minimum Gasteiger partial charge on any atom is -0.391 e. The molecular weight excluding hydrogens is 376 g/mol. The topological polar surface area (TPSA) is 70.9 Å². The van der Waals surface area contributed by atoms with Gasteiger partial charge in [0.1, 0.15) is 5.60 Å². The van der Waals surface area contributed by atoms with Crippen LogP contribution in [0.3, 0.4) is 0 Å². The van der Waals surface area contributed by atoms with Crippen molar-refractivity contribution in [2.24, 2.45) is 10.9 Å². The van der Waals surface area contributed by atoms with E-state index >= 15 is 0 Å². The van der Waals surface area contributed by atoms with Gasteiger partial charge in [0.2, 0.25) is 5.91 Å². The van der Waals surface area contributed by atoms with Crippen molar-refractivity contribution in [1.82, 2.24) is 5.32 Å². The molecule has 2 aliphatic carbocycles. The first-order chi connectivity index (χ1) is 13.6. The van der Waals surface area contributed by atoms with Crippen molar-refractivity contribution >= 4 is 23.7 Å². The molecule has 3 atom stereocenters. The predicted octanol–water partition coefficient (Wildman–Crippen LogP) is 3.39. The van der Waals surface area contributed by atoms with Crippen molar-refractivity contribution in [2.75, 3.05) is 13.2 Å². The lowest BCUT2D eigenvalue weighted by atomic mass is 9.89. The van der Waals surface area contributed by atoms with Gasteiger partial charge in [-0.1, -0.05) is 36.6 Å². The van der Waals surface area contributed by atoms with E-state index < -0.39 is 11.7 Å². The molecule has 0 bridgehead atoms. The van der Waals surface area contributed by atoms with Crippen LogP contribution in [0.1, 0.15) is 44.1 Å². The van der Waals surface area contributed by atoms with E-state index in [9.17, 15) is 9.90 Å². The molecule has 1 aromatic rings. The number of hydrogen-bond donors (Lipinski definition) is 2. The third-order valence-corrected chi connectivity index (χ3v) is 6.07. The van der Waals surface area contributed by atoms with Gasteiger partial charge in [-0.05, 0) is 55.4 Å². The van der Waals surface area contributed by atoms with E-state index in [1.165, 1.54) is 12.8 Å². The molecule has 1 aliphatic heterocycles. The maximum absolute atomic E-state index is 12.9. The Balaban J connectivity index is 1.57. The minimum atomic E-state index is -0.858. The van der Waals surface area contributed by atoms with Crippen molar-refractivity contribution in [3.05, 3.63) is 46.5 Å². The Morgan fingerprint density at radius 3 is 2.68 bits per heavy atom. The summed E-state index contributed by atoms with van der Waals surface area (Å²) in [5.74, 6) is 0.415. The molecule has 0 spiro atoms. The second kappa shape index (κ2) is 8.36. The van der Waals surface area contributed by atoms with Gasteiger partial charge in [-0.2, -0.15) is 0 Å². The van der Waals surface area contributed by atoms with E-state index in [-0.39, 0.29) is 11.9 Å². The van der Waals surface area contributed by atoms with E-state index in [1.807, 2.05) is 30.3 Å². The van der Waals surface area contributed by atoms with Gasteiger partial charge in [-0.15, -0.1) is 0 Å². The number of dihydropyridines is 1. The number of nitrogens with one attached hydrogen (secondary N) is 1. The lowest BCUT2D eigenvalue weighted by Crippen LogP contribution is -2.46. The predicted molar refractivity (Wildman–Crippen MR) is 110 cm³/mol. The Morgan fingerprint density at radius 2 is 1.96 bits per heavy atom. The van der Waals surface area contributed by atoms with Gasteiger partial charge in [0.25, 0.3) is 0 Å². The normalized spacial score (nSPS) is 30.0. The van der Waals surface area contributed by atoms with Crippen LogP contribution >= 0.6 is 11.6 Å². The smallest absolute Gasteiger partial charge is 0.249 e. The molecule has 0 radical (unpaired) electrons. The highest BCUT2D eigenvalue weighted by atomic mass is 35.5. The van der Waals surface area contributed by atoms with Gasteiger partial charge in [0.15, 0.2) is 0 Å². The van der Waals surface area contributed by atoms with Crippen LogP contribution in [0.25, 0.3) is 0 Å². The molecule has 2 fully saturated rings. The van der Waals surface area contributed by atoms with Crippen LogP contribution in [0, 0.1) is 5.92 Å². The molecule has 28 heavy (non-hydrogen) atoms. The Hall–Kier alpha value is -1.69. The van der Waals surface area contributed by atoms with Crippen LogP contribution in [0.2, 0.25) is 5.02 Å². The summed E-state index contributed by atoms with van der Waals surface area (Å²) in [7, 11) is 0. The summed E-state index contributed by atoms with van der Waals surface area (Å²) in [5.41, 5.74) is 0.624. The van der Waals surface area contributed by atoms with E-state index in [1.54, 1.807) is 6.21 Å². The Morgan fingerprint density at radius 1 is 1.21 bits per heavy atom. The second-order valence-electron chi connectivity index (χ2n) is 8.13. The summed E-state index contributed by atoms with van der Waals surface area (Å²) in [6.07, 6.45) is 9.16. The second-order valence-corrected chi connectivity index (χ2v) is 8.56. The van der Waals surface area contributed by atoms with Gasteiger partial charge in [0.05, 0.1) is 25.3 Å². The standard InChI is InChI=1S/C22H27ClN2O3/c23-18-9-7-17(8-10-18)22(28-13-15-5-6-15)11-16(12-24-14-22)21(27)25-19-3-1-2-4-20(19)26/h7-11,14-15,19-20,26H,1-6,12-13H2,(H,25,27)/t19-,20-,22?/m1/s1. The van der Waals surface area contributed by atoms with Crippen LogP contribution in [-0.4, -0.2) is 42.5 Å². The summed E-state index contributed by atoms with van der Waals surface area (Å²) in [6, 6.07) is 7.30. The number of nitrogens with zero attached hydrogens (tertiary/aromatic N) is 1. The lowest BCUT2D eigenvalue weighted by molar-refractivity contribution is -0.119. The van der Waals surface area contributed by atoms with E-state index in [0.29, 0.717) is 29.7 Å². The largest absolute Gasteiger partial charge is 0.391 e. The number of benzene rings is 1. The Labute approximate surface area is 170 Å². The molecule has 3 aliphatic rings. The molecule has 2 saturated carbocycles. The molecule has 5 nitrogen and oxygen atoms in total. The number of amides is 1. The molecule has 0 saturated heterocycles. The van der Waals surface area contributed by atoms with E-state index in [0.717, 1.165) is 31.2 Å². The number of rotatable bonds is 6. The summed E-state index contributed by atoms with van der Waals surface area (Å²) in [5, 5.41) is 13.8. The fraction of sp³-hybridized carbons (Fsp3) is 0.545. The number of aliphatic imine (C=N–C) groups is 1. The van der Waals surface area contributed by atoms with Crippen molar-refractivity contribution in [2.45, 2.75) is 56.3 Å². The average molecular weight is 403 g/mol. The molecule has 4 rings (SSSR count). The summed E-state index contributed by atoms with van der Waals surface area (Å²) < 4.78 is 6.31. The number of ether oxygens (including phenoxy) is 1. The fourth-order valence-electron chi connectivity index (χ4n) is 3.87. The minimum absolute atomic E-state index is 0.170. The van der Waals surface area contributed by atoms with Crippen LogP contribution in [0.5, 0.6) is 0 Å². The summed E-state index contributed by atoms with van der Waals surface area (Å²) >= 11 is 6.06. The molecule has 6 heteroatoms. The van der Waals surface area contributed by atoms with Crippen LogP contribution in [0.4, 0.5) is 0 Å². The first kappa shape index (κ1) is 19.6. The highest BCUT2D eigenvalue weighted by molar-refractivity contribution is 6.30. The fourth-order valence-corrected chi connectivity index (χ4v) is 4.00. The van der Waals surface area contributed by atoms with Crippen LogP contribution < -0.4 is 5.32 Å². The van der Waals surface area contributed by atoms with E-state index in [2.05, 4.69) is 10.3 Å². The average Bonchev–Trinajstić information content (AvgIpc) is 3.53. The van der Waals surface area contributed by atoms with Crippen molar-refractivity contribution in [1.29, 1.82) is 0 Å². The summed E-state index contributed by atoms with van der Waals surface area (Å²) in [6.45, 7) is 0.957. The van der Waals surface area contributed by atoms with Crippen molar-refractivity contribution < 1.29 is 14.6 Å². The zero-order chi connectivity index (χ0) is 19.6. The van der Waals surface area contributed by atoms with Crippen LogP contribution in [0.15, 0.2) is 40.9 Å². The maximum atomic E-state index is 12.9. The summed E-state index contributed by atoms with van der Waals surface area (Å²) in [4.78, 5) is 17.4. The molecule has 0 aromatic heterocycles. The molecular formula is C22H27ClN2O3. The zero-order valence-corrected chi connectivity index (χ0v) is 16.7. The Bertz CT molecular complexity index is 772. The van der Waals surface area contributed by atoms with Gasteiger partial charge in [-0.25, -0.2) is 0 Å². The molecule has 150 valence electrons. The van der Waals surface area contributed by atoms with Gasteiger partial charge in [-0.3, -0.25) is 9.79 Å². The van der Waals surface area contributed by atoms with E-state index in [4.69, 9.17) is 16.3 Å². The van der Waals surface area contributed by atoms with Gasteiger partial charge < -0.3 is 15.2 Å². The zero-order valence-electron chi connectivity index (χ0n) is 15.9. The number of carbonyl (C=O) groups excluding carboxylic acids is 1. The Kier molecular flexibility index (Phi) is 5.85. The third kappa shape index (κ3) is 4.48. The van der Waals surface area contributed by atoms with Crippen LogP contribution in [-0.2, 0) is 15.1 Å². The quantitative estimate of drug-likeness (QED) is 0.766. The van der Waals surface area contributed by atoms with Gasteiger partial charge in [0, 0.05) is 16.8 Å². The maximum Gasteiger partial charge on any atom is 0.249 e. The van der Waals surface area contributed by atoms with Gasteiger partial charge >= 0.3 is 0 Å². The first-order valence-electron chi connectivity index (χ1n) is 10.2. The number of carbonyl (C=O) groups is 1. The number of halogens is 1. The first-order valence-corrected chi connectivity index (χ1v) is 10.6. The highest BCUT2D eigenvalue weighted by Gasteiger charge is 2.36. The molecule has 1 unspecified atom stereocenters. The number of aliphatic hydroxyl groups excluding tert-OH is 1. The molecule has 2 N–H and O–H groups in total. The molecule has 1 heterocycles. The monoisotopic (exact) mass is 402 g/mol.